The first kappa shape index (κ1) is 14.2. The summed E-state index contributed by atoms with van der Waals surface area (Å²) in [7, 11) is 1.70. The van der Waals surface area contributed by atoms with Gasteiger partial charge in [-0.2, -0.15) is 0 Å². The van der Waals surface area contributed by atoms with E-state index in [4.69, 9.17) is 9.47 Å². The molecule has 0 unspecified atom stereocenters. The van der Waals surface area contributed by atoms with Crippen LogP contribution in [0.25, 0.3) is 0 Å². The Morgan fingerprint density at radius 1 is 1.26 bits per heavy atom. The van der Waals surface area contributed by atoms with E-state index in [1.807, 2.05) is 12.1 Å². The van der Waals surface area contributed by atoms with Crippen molar-refractivity contribution in [3.8, 4) is 11.5 Å². The van der Waals surface area contributed by atoms with Gasteiger partial charge in [0.2, 0.25) is 0 Å². The number of nitrogens with one attached hydrogen (secondary N) is 1. The van der Waals surface area contributed by atoms with Gasteiger partial charge in [0.25, 0.3) is 0 Å². The maximum absolute atomic E-state index is 5.95. The lowest BCUT2D eigenvalue weighted by Crippen LogP contribution is -2.16. The molecular weight excluding hydrogens is 238 g/mol. The van der Waals surface area contributed by atoms with Gasteiger partial charge in [-0.05, 0) is 25.3 Å². The molecule has 3 heteroatoms. The second-order valence-electron chi connectivity index (χ2n) is 5.16. The maximum Gasteiger partial charge on any atom is 0.165 e. The smallest absolute Gasteiger partial charge is 0.165 e. The molecule has 19 heavy (non-hydrogen) atoms. The van der Waals surface area contributed by atoms with Gasteiger partial charge >= 0.3 is 0 Å². The third-order valence-corrected chi connectivity index (χ3v) is 3.43. The number of rotatable bonds is 9. The highest BCUT2D eigenvalue weighted by Crippen LogP contribution is 2.32. The van der Waals surface area contributed by atoms with E-state index in [-0.39, 0.29) is 0 Å². The molecule has 0 amide bonds. The predicted molar refractivity (Wildman–Crippen MR) is 77.9 cm³/mol. The summed E-state index contributed by atoms with van der Waals surface area (Å²) < 4.78 is 11.4. The van der Waals surface area contributed by atoms with Gasteiger partial charge in [0.15, 0.2) is 11.5 Å². The molecule has 0 aromatic heterocycles. The maximum atomic E-state index is 5.95. The van der Waals surface area contributed by atoms with E-state index in [0.717, 1.165) is 31.1 Å². The van der Waals surface area contributed by atoms with Crippen molar-refractivity contribution < 1.29 is 9.47 Å². The molecule has 106 valence electrons. The monoisotopic (exact) mass is 263 g/mol. The van der Waals surface area contributed by atoms with Crippen LogP contribution >= 0.6 is 0 Å². The van der Waals surface area contributed by atoms with Gasteiger partial charge < -0.3 is 14.8 Å². The number of para-hydroxylation sites is 1. The third-order valence-electron chi connectivity index (χ3n) is 3.43. The number of benzene rings is 1. The summed E-state index contributed by atoms with van der Waals surface area (Å²) in [5.41, 5.74) is 1.20. The van der Waals surface area contributed by atoms with Crippen molar-refractivity contribution in [3.63, 3.8) is 0 Å². The first-order valence-corrected chi connectivity index (χ1v) is 7.37. The Hall–Kier alpha value is -1.22. The van der Waals surface area contributed by atoms with E-state index in [9.17, 15) is 0 Å². The number of methoxy groups -OCH3 is 1. The molecule has 0 aliphatic heterocycles. The average molecular weight is 263 g/mol. The van der Waals surface area contributed by atoms with Crippen LogP contribution in [-0.4, -0.2) is 19.8 Å². The molecule has 0 bridgehead atoms. The molecule has 0 spiro atoms. The molecule has 0 heterocycles. The molecule has 0 radical (unpaired) electrons. The molecule has 1 saturated carbocycles. The Morgan fingerprint density at radius 3 is 2.79 bits per heavy atom. The summed E-state index contributed by atoms with van der Waals surface area (Å²) in [6, 6.07) is 6.82. The van der Waals surface area contributed by atoms with Gasteiger partial charge in [-0.15, -0.1) is 0 Å². The van der Waals surface area contributed by atoms with Crippen LogP contribution in [0.1, 0.15) is 44.6 Å². The Labute approximate surface area is 116 Å². The van der Waals surface area contributed by atoms with Crippen molar-refractivity contribution in [1.29, 1.82) is 0 Å². The fraction of sp³-hybridized carbons (Fsp3) is 0.625. The number of ether oxygens (including phenoxy) is 2. The molecule has 0 atom stereocenters. The Balaban J connectivity index is 1.97. The van der Waals surface area contributed by atoms with Crippen molar-refractivity contribution in [3.05, 3.63) is 23.8 Å². The number of unbranched alkanes of at least 4 members (excludes halogenated alkanes) is 2. The van der Waals surface area contributed by atoms with Crippen molar-refractivity contribution in [2.24, 2.45) is 0 Å². The highest BCUT2D eigenvalue weighted by atomic mass is 16.5. The quantitative estimate of drug-likeness (QED) is 0.692. The molecule has 1 aromatic rings. The predicted octanol–water partition coefficient (Wildman–Crippen LogP) is 3.52. The molecular formula is C16H25NO2. The van der Waals surface area contributed by atoms with Crippen LogP contribution in [0.5, 0.6) is 11.5 Å². The molecule has 1 aromatic carbocycles. The van der Waals surface area contributed by atoms with Crippen molar-refractivity contribution >= 4 is 0 Å². The summed E-state index contributed by atoms with van der Waals surface area (Å²) >= 11 is 0. The van der Waals surface area contributed by atoms with Gasteiger partial charge in [0.05, 0.1) is 13.7 Å². The number of hydrogen-bond donors (Lipinski definition) is 1. The molecule has 2 rings (SSSR count). The largest absolute Gasteiger partial charge is 0.493 e. The SMILES string of the molecule is CCCCCOc1c(CNC2CC2)cccc1OC. The zero-order valence-corrected chi connectivity index (χ0v) is 12.1. The van der Waals surface area contributed by atoms with Gasteiger partial charge in [-0.3, -0.25) is 0 Å². The Kier molecular flexibility index (Phi) is 5.52. The van der Waals surface area contributed by atoms with Crippen LogP contribution in [0.4, 0.5) is 0 Å². The van der Waals surface area contributed by atoms with Crippen LogP contribution < -0.4 is 14.8 Å². The Morgan fingerprint density at radius 2 is 2.11 bits per heavy atom. The van der Waals surface area contributed by atoms with Gasteiger partial charge in [0, 0.05) is 18.2 Å². The van der Waals surface area contributed by atoms with E-state index < -0.39 is 0 Å². The lowest BCUT2D eigenvalue weighted by Gasteiger charge is -2.15. The topological polar surface area (TPSA) is 30.5 Å². The third kappa shape index (κ3) is 4.43. The van der Waals surface area contributed by atoms with E-state index in [1.165, 1.54) is 31.2 Å². The minimum absolute atomic E-state index is 0.708. The fourth-order valence-electron chi connectivity index (χ4n) is 2.09. The van der Waals surface area contributed by atoms with Crippen LogP contribution in [0.15, 0.2) is 18.2 Å². The van der Waals surface area contributed by atoms with E-state index in [1.54, 1.807) is 7.11 Å². The summed E-state index contributed by atoms with van der Waals surface area (Å²) in [6.45, 7) is 3.84. The van der Waals surface area contributed by atoms with E-state index >= 15 is 0 Å². The van der Waals surface area contributed by atoms with Crippen molar-refractivity contribution in [1.82, 2.24) is 5.32 Å². The van der Waals surface area contributed by atoms with Crippen LogP contribution in [-0.2, 0) is 6.54 Å². The summed E-state index contributed by atoms with van der Waals surface area (Å²) in [5.74, 6) is 1.75. The van der Waals surface area contributed by atoms with Crippen LogP contribution in [0.3, 0.4) is 0 Å². The molecule has 3 nitrogen and oxygen atoms in total. The molecule has 0 saturated heterocycles. The minimum Gasteiger partial charge on any atom is -0.493 e. The number of hydrogen-bond acceptors (Lipinski definition) is 3. The second kappa shape index (κ2) is 7.39. The summed E-state index contributed by atoms with van der Waals surface area (Å²) in [6.07, 6.45) is 6.13. The fourth-order valence-corrected chi connectivity index (χ4v) is 2.09. The normalized spacial score (nSPS) is 14.4. The second-order valence-corrected chi connectivity index (χ2v) is 5.16. The van der Waals surface area contributed by atoms with E-state index in [0.29, 0.717) is 6.04 Å². The summed E-state index contributed by atoms with van der Waals surface area (Å²) in [5, 5.41) is 3.53. The molecule has 1 fully saturated rings. The van der Waals surface area contributed by atoms with Crippen molar-refractivity contribution in [2.75, 3.05) is 13.7 Å². The summed E-state index contributed by atoms with van der Waals surface area (Å²) in [4.78, 5) is 0. The van der Waals surface area contributed by atoms with Crippen LogP contribution in [0, 0.1) is 0 Å². The lowest BCUT2D eigenvalue weighted by atomic mass is 10.1. The first-order chi connectivity index (χ1) is 9.35. The van der Waals surface area contributed by atoms with Crippen LogP contribution in [0.2, 0.25) is 0 Å². The zero-order valence-electron chi connectivity index (χ0n) is 12.1. The van der Waals surface area contributed by atoms with E-state index in [2.05, 4.69) is 18.3 Å². The van der Waals surface area contributed by atoms with Gasteiger partial charge in [-0.1, -0.05) is 31.9 Å². The van der Waals surface area contributed by atoms with Crippen molar-refractivity contribution in [2.45, 2.75) is 51.6 Å². The average Bonchev–Trinajstić information content (AvgIpc) is 3.26. The minimum atomic E-state index is 0.708. The highest BCUT2D eigenvalue weighted by Gasteiger charge is 2.21. The molecule has 1 aliphatic carbocycles. The zero-order chi connectivity index (χ0) is 13.5. The lowest BCUT2D eigenvalue weighted by molar-refractivity contribution is 0.282. The van der Waals surface area contributed by atoms with Gasteiger partial charge in [0.1, 0.15) is 0 Å². The molecule has 1 aliphatic rings. The van der Waals surface area contributed by atoms with Gasteiger partial charge in [-0.25, -0.2) is 0 Å². The Bertz CT molecular complexity index is 388. The molecule has 1 N–H and O–H groups in total. The highest BCUT2D eigenvalue weighted by molar-refractivity contribution is 5.46. The first-order valence-electron chi connectivity index (χ1n) is 7.37. The standard InChI is InChI=1S/C16H25NO2/c1-3-4-5-11-19-16-13(12-17-14-9-10-14)7-6-8-15(16)18-2/h6-8,14,17H,3-5,9-12H2,1-2H3.